The van der Waals surface area contributed by atoms with Gasteiger partial charge in [0.25, 0.3) is 5.91 Å². The summed E-state index contributed by atoms with van der Waals surface area (Å²) in [5.74, 6) is 0.238. The van der Waals surface area contributed by atoms with E-state index in [9.17, 15) is 4.79 Å². The minimum absolute atomic E-state index is 0.238. The van der Waals surface area contributed by atoms with Crippen LogP contribution in [0.25, 0.3) is 10.9 Å². The number of hydrogen-bond acceptors (Lipinski definition) is 3. The molecule has 1 N–H and O–H groups in total. The fourth-order valence-corrected chi connectivity index (χ4v) is 2.97. The third-order valence-corrected chi connectivity index (χ3v) is 4.24. The molecule has 0 saturated carbocycles. The van der Waals surface area contributed by atoms with E-state index in [1.807, 2.05) is 28.9 Å². The van der Waals surface area contributed by atoms with Crippen LogP contribution in [-0.2, 0) is 6.54 Å². The van der Waals surface area contributed by atoms with Crippen LogP contribution in [0.3, 0.4) is 0 Å². The van der Waals surface area contributed by atoms with Crippen molar-refractivity contribution < 1.29 is 9.53 Å². The van der Waals surface area contributed by atoms with Gasteiger partial charge in [0.2, 0.25) is 0 Å². The largest absolute Gasteiger partial charge is 0.496 e. The Morgan fingerprint density at radius 1 is 1.28 bits per heavy atom. The number of carbonyl (C=O) groups excluding carboxylic acids is 1. The number of aromatic nitrogens is 2. The maximum absolute atomic E-state index is 12.5. The Bertz CT molecular complexity index is 918. The molecule has 25 heavy (non-hydrogen) atoms. The van der Waals surface area contributed by atoms with Crippen molar-refractivity contribution in [3.05, 3.63) is 58.7 Å². The van der Waals surface area contributed by atoms with E-state index >= 15 is 0 Å². The molecule has 0 atom stereocenters. The number of halogens is 1. The van der Waals surface area contributed by atoms with E-state index in [0.717, 1.165) is 16.6 Å². The molecule has 0 saturated heterocycles. The molecule has 3 rings (SSSR count). The molecule has 6 heteroatoms. The van der Waals surface area contributed by atoms with Crippen molar-refractivity contribution in [3.8, 4) is 5.75 Å². The Hall–Kier alpha value is -2.53. The summed E-state index contributed by atoms with van der Waals surface area (Å²) in [5, 5.41) is 9.09. The molecule has 1 heterocycles. The van der Waals surface area contributed by atoms with Crippen molar-refractivity contribution in [2.24, 2.45) is 0 Å². The number of carbonyl (C=O) groups is 1. The highest BCUT2D eigenvalue weighted by Crippen LogP contribution is 2.24. The number of nitrogens with zero attached hydrogens (tertiary/aromatic N) is 2. The van der Waals surface area contributed by atoms with Crippen molar-refractivity contribution >= 4 is 28.4 Å². The van der Waals surface area contributed by atoms with Gasteiger partial charge in [-0.2, -0.15) is 5.10 Å². The van der Waals surface area contributed by atoms with Crippen LogP contribution in [0.2, 0.25) is 5.02 Å². The lowest BCUT2D eigenvalue weighted by atomic mass is 10.1. The summed E-state index contributed by atoms with van der Waals surface area (Å²) in [5.41, 5.74) is 2.29. The molecule has 0 radical (unpaired) electrons. The first-order valence-electron chi connectivity index (χ1n) is 8.09. The molecule has 1 amide bonds. The summed E-state index contributed by atoms with van der Waals surface area (Å²) in [6, 6.07) is 13.2. The van der Waals surface area contributed by atoms with Gasteiger partial charge in [0, 0.05) is 16.5 Å². The molecule has 0 spiro atoms. The second-order valence-electron chi connectivity index (χ2n) is 6.03. The Labute approximate surface area is 151 Å². The average Bonchev–Trinajstić information content (AvgIpc) is 2.99. The predicted octanol–water partition coefficient (Wildman–Crippen LogP) is 4.21. The summed E-state index contributed by atoms with van der Waals surface area (Å²) in [6.07, 6.45) is 0. The van der Waals surface area contributed by atoms with Gasteiger partial charge in [-0.1, -0.05) is 29.8 Å². The van der Waals surface area contributed by atoms with Gasteiger partial charge < -0.3 is 10.1 Å². The summed E-state index contributed by atoms with van der Waals surface area (Å²) < 4.78 is 7.21. The van der Waals surface area contributed by atoms with E-state index in [1.54, 1.807) is 18.2 Å². The normalized spacial score (nSPS) is 11.1. The van der Waals surface area contributed by atoms with Gasteiger partial charge in [-0.15, -0.1) is 0 Å². The van der Waals surface area contributed by atoms with Crippen LogP contribution in [0.15, 0.2) is 42.5 Å². The maximum atomic E-state index is 12.5. The zero-order valence-corrected chi connectivity index (χ0v) is 15.2. The van der Waals surface area contributed by atoms with Crippen LogP contribution in [0.1, 0.15) is 35.9 Å². The molecule has 0 bridgehead atoms. The van der Waals surface area contributed by atoms with E-state index in [0.29, 0.717) is 22.9 Å². The van der Waals surface area contributed by atoms with E-state index < -0.39 is 0 Å². The minimum Gasteiger partial charge on any atom is -0.496 e. The zero-order chi connectivity index (χ0) is 18.0. The standard InChI is InChI=1S/C19H20ClN3O2/c1-12(2)23-17-7-5-4-6-14(17)16(22-23)11-21-19(24)15-10-13(20)8-9-18(15)25-3/h4-10,12H,11H2,1-3H3,(H,21,24). The Morgan fingerprint density at radius 2 is 2.04 bits per heavy atom. The van der Waals surface area contributed by atoms with Crippen LogP contribution in [-0.4, -0.2) is 22.8 Å². The molecule has 0 aliphatic carbocycles. The number of ether oxygens (including phenoxy) is 1. The van der Waals surface area contributed by atoms with Gasteiger partial charge in [0.05, 0.1) is 30.4 Å². The first kappa shape index (κ1) is 17.3. The van der Waals surface area contributed by atoms with E-state index in [4.69, 9.17) is 16.3 Å². The van der Waals surface area contributed by atoms with E-state index in [2.05, 4.69) is 24.3 Å². The number of benzene rings is 2. The van der Waals surface area contributed by atoms with Gasteiger partial charge in [0.1, 0.15) is 5.75 Å². The molecule has 1 aromatic heterocycles. The average molecular weight is 358 g/mol. The van der Waals surface area contributed by atoms with E-state index in [1.165, 1.54) is 7.11 Å². The lowest BCUT2D eigenvalue weighted by Gasteiger charge is -2.09. The van der Waals surface area contributed by atoms with Gasteiger partial charge in [-0.05, 0) is 38.1 Å². The summed E-state index contributed by atoms with van der Waals surface area (Å²) in [7, 11) is 1.53. The first-order valence-corrected chi connectivity index (χ1v) is 8.47. The Morgan fingerprint density at radius 3 is 2.76 bits per heavy atom. The van der Waals surface area contributed by atoms with Crippen LogP contribution >= 0.6 is 11.6 Å². The topological polar surface area (TPSA) is 56.1 Å². The highest BCUT2D eigenvalue weighted by molar-refractivity contribution is 6.31. The van der Waals surface area contributed by atoms with Crippen molar-refractivity contribution in [1.29, 1.82) is 0 Å². The van der Waals surface area contributed by atoms with Crippen molar-refractivity contribution in [3.63, 3.8) is 0 Å². The lowest BCUT2D eigenvalue weighted by molar-refractivity contribution is 0.0947. The number of hydrogen-bond donors (Lipinski definition) is 1. The third-order valence-electron chi connectivity index (χ3n) is 4.00. The quantitative estimate of drug-likeness (QED) is 0.744. The molecular formula is C19H20ClN3O2. The SMILES string of the molecule is COc1ccc(Cl)cc1C(=O)NCc1nn(C(C)C)c2ccccc12. The Balaban J connectivity index is 1.86. The molecule has 0 fully saturated rings. The van der Waals surface area contributed by atoms with Gasteiger partial charge in [-0.3, -0.25) is 9.48 Å². The van der Waals surface area contributed by atoms with Crippen LogP contribution in [0.5, 0.6) is 5.75 Å². The number of amides is 1. The molecule has 5 nitrogen and oxygen atoms in total. The number of methoxy groups -OCH3 is 1. The lowest BCUT2D eigenvalue weighted by Crippen LogP contribution is -2.23. The summed E-state index contributed by atoms with van der Waals surface area (Å²) >= 11 is 6.00. The molecule has 3 aromatic rings. The van der Waals surface area contributed by atoms with Gasteiger partial charge in [-0.25, -0.2) is 0 Å². The Kier molecular flexibility index (Phi) is 4.95. The number of fused-ring (bicyclic) bond motifs is 1. The van der Waals surface area contributed by atoms with Crippen molar-refractivity contribution in [2.75, 3.05) is 7.11 Å². The number of nitrogens with one attached hydrogen (secondary N) is 1. The fourth-order valence-electron chi connectivity index (χ4n) is 2.80. The highest BCUT2D eigenvalue weighted by atomic mass is 35.5. The van der Waals surface area contributed by atoms with Crippen LogP contribution < -0.4 is 10.1 Å². The number of para-hydroxylation sites is 1. The third kappa shape index (κ3) is 3.46. The van der Waals surface area contributed by atoms with E-state index in [-0.39, 0.29) is 11.9 Å². The molecular weight excluding hydrogens is 338 g/mol. The summed E-state index contributed by atoms with van der Waals surface area (Å²) in [4.78, 5) is 12.5. The fraction of sp³-hybridized carbons (Fsp3) is 0.263. The zero-order valence-electron chi connectivity index (χ0n) is 14.4. The molecule has 0 unspecified atom stereocenters. The molecule has 2 aromatic carbocycles. The van der Waals surface area contributed by atoms with Gasteiger partial charge >= 0.3 is 0 Å². The summed E-state index contributed by atoms with van der Waals surface area (Å²) in [6.45, 7) is 4.49. The first-order chi connectivity index (χ1) is 12.0. The smallest absolute Gasteiger partial charge is 0.255 e. The van der Waals surface area contributed by atoms with Gasteiger partial charge in [0.15, 0.2) is 0 Å². The van der Waals surface area contributed by atoms with Crippen molar-refractivity contribution in [2.45, 2.75) is 26.4 Å². The number of rotatable bonds is 5. The molecule has 130 valence electrons. The minimum atomic E-state index is -0.248. The van der Waals surface area contributed by atoms with Crippen molar-refractivity contribution in [1.82, 2.24) is 15.1 Å². The molecule has 0 aliphatic rings. The van der Waals surface area contributed by atoms with Crippen LogP contribution in [0.4, 0.5) is 0 Å². The second kappa shape index (κ2) is 7.15. The maximum Gasteiger partial charge on any atom is 0.255 e. The monoisotopic (exact) mass is 357 g/mol. The molecule has 0 aliphatic heterocycles. The predicted molar refractivity (Wildman–Crippen MR) is 99.3 cm³/mol. The highest BCUT2D eigenvalue weighted by Gasteiger charge is 2.16. The second-order valence-corrected chi connectivity index (χ2v) is 6.47. The van der Waals surface area contributed by atoms with Crippen LogP contribution in [0, 0.1) is 0 Å².